The summed E-state index contributed by atoms with van der Waals surface area (Å²) in [6.45, 7) is 6.59. The Morgan fingerprint density at radius 3 is 0.905 bits per heavy atom. The van der Waals surface area contributed by atoms with Gasteiger partial charge in [-0.3, -0.25) is 14.4 Å². The van der Waals surface area contributed by atoms with Gasteiger partial charge in [-0.2, -0.15) is 0 Å². The van der Waals surface area contributed by atoms with Crippen molar-refractivity contribution in [2.75, 3.05) is 13.2 Å². The van der Waals surface area contributed by atoms with E-state index in [4.69, 9.17) is 14.2 Å². The van der Waals surface area contributed by atoms with Crippen LogP contribution in [0.3, 0.4) is 0 Å². The summed E-state index contributed by atoms with van der Waals surface area (Å²) in [5, 5.41) is 0. The van der Waals surface area contributed by atoms with Crippen LogP contribution in [0.25, 0.3) is 0 Å². The fraction of sp³-hybridized carbons (Fsp3) is 0.807. The Morgan fingerprint density at radius 2 is 0.571 bits per heavy atom. The first kappa shape index (κ1) is 60.4. The monoisotopic (exact) mass is 883 g/mol. The highest BCUT2D eigenvalue weighted by Crippen LogP contribution is 2.14. The first-order valence-electron chi connectivity index (χ1n) is 27.1. The topological polar surface area (TPSA) is 78.9 Å². The summed E-state index contributed by atoms with van der Waals surface area (Å²) in [5.74, 6) is -0.897. The molecule has 0 aliphatic rings. The van der Waals surface area contributed by atoms with E-state index in [-0.39, 0.29) is 31.1 Å². The molecule has 0 aliphatic carbocycles. The van der Waals surface area contributed by atoms with Crippen LogP contribution in [0.1, 0.15) is 278 Å². The minimum atomic E-state index is -0.779. The van der Waals surface area contributed by atoms with Gasteiger partial charge in [0.25, 0.3) is 0 Å². The van der Waals surface area contributed by atoms with Crippen LogP contribution in [-0.4, -0.2) is 37.2 Å². The van der Waals surface area contributed by atoms with Crippen LogP contribution < -0.4 is 0 Å². The zero-order valence-corrected chi connectivity index (χ0v) is 41.8. The van der Waals surface area contributed by atoms with E-state index in [1.165, 1.54) is 148 Å². The largest absolute Gasteiger partial charge is 0.462 e. The molecule has 0 aromatic carbocycles. The molecule has 6 nitrogen and oxygen atoms in total. The molecule has 0 bridgehead atoms. The zero-order valence-electron chi connectivity index (χ0n) is 41.8. The number of allylic oxidation sites excluding steroid dienone is 8. The summed E-state index contributed by atoms with van der Waals surface area (Å²) in [6.07, 6.45) is 62.5. The second-order valence-electron chi connectivity index (χ2n) is 18.1. The van der Waals surface area contributed by atoms with Gasteiger partial charge in [0.15, 0.2) is 6.10 Å². The van der Waals surface area contributed by atoms with Crippen LogP contribution in [0.5, 0.6) is 0 Å². The number of unbranched alkanes of at least 4 members (excludes halogenated alkanes) is 30. The molecule has 0 aliphatic heterocycles. The molecular formula is C57H102O6. The standard InChI is InChI=1S/C57H102O6/c1-4-7-10-13-16-19-21-23-25-27-28-29-30-31-33-34-36-38-41-44-47-50-56(59)62-53-54(52-61-55(58)49-46-43-40-18-15-12-9-6-3)63-57(60)51-48-45-42-39-37-35-32-26-24-22-20-17-14-11-8-5-2/h21,23,26-28,30-32,54H,4-20,22,24-25,29,33-53H2,1-3H3/b23-21-,28-27-,31-30-,32-26-. The van der Waals surface area contributed by atoms with Crippen molar-refractivity contribution in [1.29, 1.82) is 0 Å². The molecule has 0 rings (SSSR count). The van der Waals surface area contributed by atoms with Crippen molar-refractivity contribution in [3.8, 4) is 0 Å². The molecule has 0 aromatic rings. The molecular weight excluding hydrogens is 781 g/mol. The molecule has 0 radical (unpaired) electrons. The predicted octanol–water partition coefficient (Wildman–Crippen LogP) is 17.9. The van der Waals surface area contributed by atoms with Gasteiger partial charge in [-0.15, -0.1) is 0 Å². The number of ether oxygens (including phenoxy) is 3. The minimum absolute atomic E-state index is 0.0792. The highest BCUT2D eigenvalue weighted by Gasteiger charge is 2.19. The SMILES string of the molecule is CCCCCCC/C=C\C/C=C\C/C=C\CCCCCCCCC(=O)OCC(COC(=O)CCCCCCCCCC)OC(=O)CCCCCCC/C=C\CCCCCCCCC. The summed E-state index contributed by atoms with van der Waals surface area (Å²) in [7, 11) is 0. The number of carbonyl (C=O) groups excluding carboxylic acids is 3. The molecule has 0 saturated carbocycles. The van der Waals surface area contributed by atoms with E-state index in [9.17, 15) is 14.4 Å². The Hall–Kier alpha value is -2.63. The van der Waals surface area contributed by atoms with Crippen molar-refractivity contribution in [1.82, 2.24) is 0 Å². The average Bonchev–Trinajstić information content (AvgIpc) is 3.28. The van der Waals surface area contributed by atoms with Crippen molar-refractivity contribution in [2.45, 2.75) is 284 Å². The number of esters is 3. The smallest absolute Gasteiger partial charge is 0.306 e. The Labute approximate surface area is 390 Å². The van der Waals surface area contributed by atoms with E-state index in [0.29, 0.717) is 19.3 Å². The van der Waals surface area contributed by atoms with Gasteiger partial charge < -0.3 is 14.2 Å². The molecule has 1 unspecified atom stereocenters. The Morgan fingerprint density at radius 1 is 0.317 bits per heavy atom. The molecule has 0 fully saturated rings. The molecule has 0 amide bonds. The van der Waals surface area contributed by atoms with Crippen LogP contribution in [-0.2, 0) is 28.6 Å². The van der Waals surface area contributed by atoms with Crippen LogP contribution in [0.4, 0.5) is 0 Å². The van der Waals surface area contributed by atoms with E-state index in [0.717, 1.165) is 89.9 Å². The molecule has 6 heteroatoms. The molecule has 0 saturated heterocycles. The van der Waals surface area contributed by atoms with Crippen molar-refractivity contribution in [2.24, 2.45) is 0 Å². The minimum Gasteiger partial charge on any atom is -0.462 e. The molecule has 0 aromatic heterocycles. The highest BCUT2D eigenvalue weighted by atomic mass is 16.6. The third-order valence-electron chi connectivity index (χ3n) is 11.8. The van der Waals surface area contributed by atoms with Gasteiger partial charge in [0, 0.05) is 19.3 Å². The quantitative estimate of drug-likeness (QED) is 0.0262. The maximum atomic E-state index is 12.8. The molecule has 0 N–H and O–H groups in total. The highest BCUT2D eigenvalue weighted by molar-refractivity contribution is 5.71. The predicted molar refractivity (Wildman–Crippen MR) is 270 cm³/mol. The maximum Gasteiger partial charge on any atom is 0.306 e. The van der Waals surface area contributed by atoms with Crippen LogP contribution >= 0.6 is 0 Å². The summed E-state index contributed by atoms with van der Waals surface area (Å²) in [6, 6.07) is 0. The van der Waals surface area contributed by atoms with E-state index in [2.05, 4.69) is 69.4 Å². The maximum absolute atomic E-state index is 12.8. The van der Waals surface area contributed by atoms with E-state index in [1.54, 1.807) is 0 Å². The second kappa shape index (κ2) is 52.0. The molecule has 1 atom stereocenters. The summed E-state index contributed by atoms with van der Waals surface area (Å²) < 4.78 is 16.8. The first-order chi connectivity index (χ1) is 31.0. The van der Waals surface area contributed by atoms with Gasteiger partial charge in [0.1, 0.15) is 13.2 Å². The van der Waals surface area contributed by atoms with Crippen LogP contribution in [0, 0.1) is 0 Å². The summed E-state index contributed by atoms with van der Waals surface area (Å²) >= 11 is 0. The lowest BCUT2D eigenvalue weighted by molar-refractivity contribution is -0.167. The van der Waals surface area contributed by atoms with Crippen molar-refractivity contribution in [3.63, 3.8) is 0 Å². The Balaban J connectivity index is 4.29. The number of hydrogen-bond donors (Lipinski definition) is 0. The Bertz CT molecular complexity index is 1110. The van der Waals surface area contributed by atoms with Gasteiger partial charge in [0.2, 0.25) is 0 Å². The number of rotatable bonds is 49. The van der Waals surface area contributed by atoms with Crippen LogP contribution in [0.15, 0.2) is 48.6 Å². The number of hydrogen-bond acceptors (Lipinski definition) is 6. The summed E-state index contributed by atoms with van der Waals surface area (Å²) in [4.78, 5) is 37.9. The fourth-order valence-corrected chi connectivity index (χ4v) is 7.68. The fourth-order valence-electron chi connectivity index (χ4n) is 7.68. The van der Waals surface area contributed by atoms with E-state index >= 15 is 0 Å². The zero-order chi connectivity index (χ0) is 45.8. The van der Waals surface area contributed by atoms with Gasteiger partial charge in [0.05, 0.1) is 0 Å². The Kier molecular flexibility index (Phi) is 49.8. The third kappa shape index (κ3) is 50.2. The van der Waals surface area contributed by atoms with Crippen LogP contribution in [0.2, 0.25) is 0 Å². The van der Waals surface area contributed by atoms with Gasteiger partial charge in [-0.05, 0) is 83.5 Å². The van der Waals surface area contributed by atoms with Gasteiger partial charge in [-0.1, -0.05) is 223 Å². The van der Waals surface area contributed by atoms with Gasteiger partial charge in [-0.25, -0.2) is 0 Å². The van der Waals surface area contributed by atoms with E-state index in [1.807, 2.05) is 0 Å². The lowest BCUT2D eigenvalue weighted by Gasteiger charge is -2.18. The van der Waals surface area contributed by atoms with E-state index < -0.39 is 6.10 Å². The molecule has 63 heavy (non-hydrogen) atoms. The first-order valence-corrected chi connectivity index (χ1v) is 27.1. The van der Waals surface area contributed by atoms with Crippen molar-refractivity contribution >= 4 is 17.9 Å². The lowest BCUT2D eigenvalue weighted by atomic mass is 10.1. The lowest BCUT2D eigenvalue weighted by Crippen LogP contribution is -2.30. The summed E-state index contributed by atoms with van der Waals surface area (Å²) in [5.41, 5.74) is 0. The van der Waals surface area contributed by atoms with Gasteiger partial charge >= 0.3 is 17.9 Å². The average molecular weight is 883 g/mol. The van der Waals surface area contributed by atoms with Crippen molar-refractivity contribution < 1.29 is 28.6 Å². The molecule has 0 spiro atoms. The van der Waals surface area contributed by atoms with Crippen molar-refractivity contribution in [3.05, 3.63) is 48.6 Å². The molecule has 366 valence electrons. The third-order valence-corrected chi connectivity index (χ3v) is 11.8. The number of carbonyl (C=O) groups is 3. The molecule has 0 heterocycles. The second-order valence-corrected chi connectivity index (χ2v) is 18.1. The normalized spacial score (nSPS) is 12.4.